The normalized spacial score (nSPS) is 10.1. The molecular formula is C6H10O2SSi. The lowest BCUT2D eigenvalue weighted by Gasteiger charge is -1.89. The Morgan fingerprint density at radius 2 is 2.40 bits per heavy atom. The van der Waals surface area contributed by atoms with Crippen molar-refractivity contribution < 1.29 is 9.22 Å². The lowest BCUT2D eigenvalue weighted by Crippen LogP contribution is -1.95. The fraction of sp³-hybridized carbons (Fsp3) is 0.333. The van der Waals surface area contributed by atoms with Crippen LogP contribution in [0.4, 0.5) is 0 Å². The van der Waals surface area contributed by atoms with Gasteiger partial charge in [-0.3, -0.25) is 0 Å². The summed E-state index contributed by atoms with van der Waals surface area (Å²) in [5.41, 5.74) is 0. The summed E-state index contributed by atoms with van der Waals surface area (Å²) in [5, 5.41) is 0. The van der Waals surface area contributed by atoms with Crippen LogP contribution in [0.3, 0.4) is 0 Å². The minimum Gasteiger partial charge on any atom is -0.526 e. The summed E-state index contributed by atoms with van der Waals surface area (Å²) in [4.78, 5) is 11.3. The average Bonchev–Trinajstić information content (AvgIpc) is 1.87. The first kappa shape index (κ1) is 9.52. The topological polar surface area (TPSA) is 26.3 Å². The van der Waals surface area contributed by atoms with E-state index in [1.807, 2.05) is 6.92 Å². The molecule has 0 fully saturated rings. The van der Waals surface area contributed by atoms with Gasteiger partial charge in [0.1, 0.15) is 0 Å². The lowest BCUT2D eigenvalue weighted by molar-refractivity contribution is -0.128. The van der Waals surface area contributed by atoms with Crippen molar-refractivity contribution in [3.05, 3.63) is 12.2 Å². The molecule has 0 unspecified atom stereocenters. The van der Waals surface area contributed by atoms with Crippen molar-refractivity contribution in [1.29, 1.82) is 0 Å². The summed E-state index contributed by atoms with van der Waals surface area (Å²) in [6.07, 6.45) is 3.79. The van der Waals surface area contributed by atoms with Crippen LogP contribution >= 0.6 is 12.2 Å². The maximum absolute atomic E-state index is 10.5. The molecule has 0 aliphatic carbocycles. The second kappa shape index (κ2) is 5.31. The molecule has 0 amide bonds. The van der Waals surface area contributed by atoms with Gasteiger partial charge in [-0.1, -0.05) is 18.3 Å². The maximum atomic E-state index is 10.5. The monoisotopic (exact) mass is 174 g/mol. The summed E-state index contributed by atoms with van der Waals surface area (Å²) in [6, 6.07) is 0. The predicted molar refractivity (Wildman–Crippen MR) is 48.1 cm³/mol. The number of hydrogen-bond acceptors (Lipinski definition) is 3. The van der Waals surface area contributed by atoms with E-state index in [0.29, 0.717) is 16.9 Å². The molecule has 0 bridgehead atoms. The third kappa shape index (κ3) is 5.65. The summed E-state index contributed by atoms with van der Waals surface area (Å²) >= 11 is 4.79. The van der Waals surface area contributed by atoms with Gasteiger partial charge >= 0.3 is 5.97 Å². The summed E-state index contributed by atoms with van der Waals surface area (Å²) in [5.74, 6) is -0.275. The largest absolute Gasteiger partial charge is 0.526 e. The molecule has 56 valence electrons. The van der Waals surface area contributed by atoms with Gasteiger partial charge in [0.15, 0.2) is 0 Å². The van der Waals surface area contributed by atoms with Crippen LogP contribution in [-0.2, 0) is 9.22 Å². The lowest BCUT2D eigenvalue weighted by atomic mass is 10.3. The highest BCUT2D eigenvalue weighted by molar-refractivity contribution is 7.80. The highest BCUT2D eigenvalue weighted by atomic mass is 32.1. The fourth-order valence-electron chi connectivity index (χ4n) is 0.389. The second-order valence-electron chi connectivity index (χ2n) is 1.83. The molecule has 0 aromatic carbocycles. The van der Waals surface area contributed by atoms with Crippen molar-refractivity contribution >= 4 is 33.5 Å². The smallest absolute Gasteiger partial charge is 0.316 e. The number of allylic oxidation sites excluding steroid dienone is 1. The average molecular weight is 174 g/mol. The molecule has 0 atom stereocenters. The van der Waals surface area contributed by atoms with E-state index in [1.54, 1.807) is 6.08 Å². The molecule has 0 spiro atoms. The Labute approximate surface area is 68.8 Å². The van der Waals surface area contributed by atoms with Crippen LogP contribution in [0.5, 0.6) is 0 Å². The Hall–Kier alpha value is -0.483. The van der Waals surface area contributed by atoms with Gasteiger partial charge in [-0.05, 0) is 18.2 Å². The molecule has 0 heterocycles. The van der Waals surface area contributed by atoms with Gasteiger partial charge < -0.3 is 4.43 Å². The first-order valence-electron chi connectivity index (χ1n) is 2.90. The first-order valence-corrected chi connectivity index (χ1v) is 4.13. The molecule has 0 radical (unpaired) electrons. The Morgan fingerprint density at radius 1 is 1.80 bits per heavy atom. The van der Waals surface area contributed by atoms with E-state index in [0.717, 1.165) is 4.86 Å². The SMILES string of the molecule is CC(=S)CC=CC(=O)O[SiH3]. The van der Waals surface area contributed by atoms with E-state index in [-0.39, 0.29) is 5.97 Å². The Morgan fingerprint density at radius 3 is 2.80 bits per heavy atom. The predicted octanol–water partition coefficient (Wildman–Crippen LogP) is 0.146. The van der Waals surface area contributed by atoms with Crippen LogP contribution in [0.25, 0.3) is 0 Å². The third-order valence-electron chi connectivity index (χ3n) is 0.860. The second-order valence-corrected chi connectivity index (χ2v) is 2.94. The van der Waals surface area contributed by atoms with Crippen LogP contribution in [0, 0.1) is 0 Å². The molecule has 4 heteroatoms. The Kier molecular flexibility index (Phi) is 5.06. The first-order chi connectivity index (χ1) is 4.66. The van der Waals surface area contributed by atoms with Gasteiger partial charge in [0.25, 0.3) is 0 Å². The van der Waals surface area contributed by atoms with Crippen LogP contribution in [0.1, 0.15) is 13.3 Å². The van der Waals surface area contributed by atoms with Crippen LogP contribution in [-0.4, -0.2) is 21.3 Å². The highest BCUT2D eigenvalue weighted by Crippen LogP contribution is 1.87. The van der Waals surface area contributed by atoms with Crippen molar-refractivity contribution in [3.63, 3.8) is 0 Å². The molecule has 10 heavy (non-hydrogen) atoms. The molecule has 0 N–H and O–H groups in total. The van der Waals surface area contributed by atoms with E-state index in [1.165, 1.54) is 6.08 Å². The molecule has 0 saturated carbocycles. The molecule has 2 nitrogen and oxygen atoms in total. The van der Waals surface area contributed by atoms with E-state index in [4.69, 9.17) is 12.2 Å². The molecule has 0 saturated heterocycles. The van der Waals surface area contributed by atoms with Gasteiger partial charge in [-0.15, -0.1) is 0 Å². The molecular weight excluding hydrogens is 164 g/mol. The zero-order valence-corrected chi connectivity index (χ0v) is 8.90. The van der Waals surface area contributed by atoms with E-state index in [9.17, 15) is 4.79 Å². The van der Waals surface area contributed by atoms with Crippen LogP contribution < -0.4 is 0 Å². The van der Waals surface area contributed by atoms with Gasteiger partial charge in [-0.2, -0.15) is 0 Å². The number of hydrogen-bond donors (Lipinski definition) is 0. The quantitative estimate of drug-likeness (QED) is 0.346. The molecule has 0 aliphatic rings. The van der Waals surface area contributed by atoms with Gasteiger partial charge in [0.2, 0.25) is 10.5 Å². The van der Waals surface area contributed by atoms with Crippen molar-refractivity contribution in [3.8, 4) is 0 Å². The Bertz CT molecular complexity index is 165. The van der Waals surface area contributed by atoms with Crippen molar-refractivity contribution in [2.24, 2.45) is 0 Å². The highest BCUT2D eigenvalue weighted by Gasteiger charge is 1.88. The third-order valence-corrected chi connectivity index (χ3v) is 1.43. The maximum Gasteiger partial charge on any atom is 0.316 e. The molecule has 0 aromatic heterocycles. The van der Waals surface area contributed by atoms with E-state index in [2.05, 4.69) is 4.43 Å². The van der Waals surface area contributed by atoms with Gasteiger partial charge in [-0.25, -0.2) is 4.79 Å². The van der Waals surface area contributed by atoms with Crippen molar-refractivity contribution in [2.45, 2.75) is 13.3 Å². The summed E-state index contributed by atoms with van der Waals surface area (Å²) in [6.45, 7) is 1.84. The number of carbonyl (C=O) groups is 1. The van der Waals surface area contributed by atoms with Crippen LogP contribution in [0.2, 0.25) is 0 Å². The van der Waals surface area contributed by atoms with Gasteiger partial charge in [0.05, 0.1) is 0 Å². The zero-order valence-electron chi connectivity index (χ0n) is 6.09. The minimum atomic E-state index is -0.275. The van der Waals surface area contributed by atoms with Crippen LogP contribution in [0.15, 0.2) is 12.2 Å². The number of carbonyl (C=O) groups excluding carboxylic acids is 1. The molecule has 0 aliphatic heterocycles. The molecule has 0 aromatic rings. The fourth-order valence-corrected chi connectivity index (χ4v) is 0.621. The zero-order chi connectivity index (χ0) is 7.98. The minimum absolute atomic E-state index is 0.275. The summed E-state index contributed by atoms with van der Waals surface area (Å²) < 4.78 is 4.50. The van der Waals surface area contributed by atoms with Gasteiger partial charge in [0, 0.05) is 6.08 Å². The van der Waals surface area contributed by atoms with E-state index < -0.39 is 0 Å². The van der Waals surface area contributed by atoms with E-state index >= 15 is 0 Å². The van der Waals surface area contributed by atoms with Crippen molar-refractivity contribution in [1.82, 2.24) is 0 Å². The summed E-state index contributed by atoms with van der Waals surface area (Å²) in [7, 11) is 0.452. The standard InChI is InChI=1S/C6H10O2SSi/c1-5(9)3-2-4-6(7)8-10/h2,4H,3H2,1,10H3. The van der Waals surface area contributed by atoms with Crippen molar-refractivity contribution in [2.75, 3.05) is 0 Å². The number of thiocarbonyl (C=S) groups is 1. The number of rotatable bonds is 3. The Balaban J connectivity index is 3.56. The molecule has 0 rings (SSSR count).